The lowest BCUT2D eigenvalue weighted by molar-refractivity contribution is 0.223. The van der Waals surface area contributed by atoms with Gasteiger partial charge < -0.3 is 9.64 Å². The van der Waals surface area contributed by atoms with E-state index in [4.69, 9.17) is 9.72 Å². The maximum Gasteiger partial charge on any atom is 0.294 e. The minimum absolute atomic E-state index is 0.161. The van der Waals surface area contributed by atoms with E-state index in [0.29, 0.717) is 16.8 Å². The molecule has 3 aromatic carbocycles. The average molecular weight is 464 g/mol. The molecular formula is C25H25N3O4S. The van der Waals surface area contributed by atoms with E-state index in [9.17, 15) is 13.0 Å². The van der Waals surface area contributed by atoms with Gasteiger partial charge in [-0.1, -0.05) is 29.8 Å². The van der Waals surface area contributed by atoms with E-state index in [1.807, 2.05) is 56.3 Å². The molecule has 0 spiro atoms. The molecule has 7 nitrogen and oxygen atoms in total. The molecule has 1 unspecified atom stereocenters. The first-order valence-corrected chi connectivity index (χ1v) is 11.8. The van der Waals surface area contributed by atoms with Crippen LogP contribution in [-0.4, -0.2) is 37.0 Å². The summed E-state index contributed by atoms with van der Waals surface area (Å²) in [5, 5.41) is 0. The second-order valence-electron chi connectivity index (χ2n) is 8.12. The zero-order valence-electron chi connectivity index (χ0n) is 18.9. The minimum atomic E-state index is -4.37. The number of nitrogens with zero attached hydrogens (tertiary/aromatic N) is 3. The minimum Gasteiger partial charge on any atom is -0.486 e. The Hall–Kier alpha value is -3.49. The Morgan fingerprint density at radius 2 is 1.70 bits per heavy atom. The Bertz CT molecular complexity index is 1420. The van der Waals surface area contributed by atoms with E-state index in [2.05, 4.69) is 4.98 Å². The van der Waals surface area contributed by atoms with Gasteiger partial charge in [0.05, 0.1) is 22.9 Å². The number of benzene rings is 3. The highest BCUT2D eigenvalue weighted by molar-refractivity contribution is 7.85. The summed E-state index contributed by atoms with van der Waals surface area (Å²) < 4.78 is 39.1. The highest BCUT2D eigenvalue weighted by atomic mass is 32.2. The van der Waals surface area contributed by atoms with Crippen molar-refractivity contribution < 1.29 is 17.7 Å². The molecule has 33 heavy (non-hydrogen) atoms. The van der Waals surface area contributed by atoms with E-state index in [1.54, 1.807) is 37.4 Å². The average Bonchev–Trinajstić information content (AvgIpc) is 2.78. The van der Waals surface area contributed by atoms with Crippen molar-refractivity contribution in [3.8, 4) is 17.0 Å². The first-order chi connectivity index (χ1) is 15.6. The smallest absolute Gasteiger partial charge is 0.294 e. The van der Waals surface area contributed by atoms with E-state index in [-0.39, 0.29) is 4.90 Å². The molecule has 1 aromatic heterocycles. The Kier molecular flexibility index (Phi) is 6.05. The fraction of sp³-hybridized carbons (Fsp3) is 0.200. The summed E-state index contributed by atoms with van der Waals surface area (Å²) in [6.45, 7) is 3.58. The van der Waals surface area contributed by atoms with Crippen molar-refractivity contribution in [2.45, 2.75) is 24.8 Å². The van der Waals surface area contributed by atoms with Crippen molar-refractivity contribution in [3.63, 3.8) is 0 Å². The normalized spacial score (nSPS) is 12.5. The third kappa shape index (κ3) is 4.97. The van der Waals surface area contributed by atoms with Gasteiger partial charge in [0.25, 0.3) is 10.1 Å². The lowest BCUT2D eigenvalue weighted by Crippen LogP contribution is -2.10. The quantitative estimate of drug-likeness (QED) is 0.400. The third-order valence-electron chi connectivity index (χ3n) is 5.39. The number of rotatable bonds is 6. The van der Waals surface area contributed by atoms with E-state index in [0.717, 1.165) is 28.0 Å². The van der Waals surface area contributed by atoms with Crippen LogP contribution < -0.4 is 9.64 Å². The van der Waals surface area contributed by atoms with Crippen LogP contribution in [0, 0.1) is 6.92 Å². The highest BCUT2D eigenvalue weighted by Crippen LogP contribution is 2.30. The summed E-state index contributed by atoms with van der Waals surface area (Å²) in [4.78, 5) is 11.1. The van der Waals surface area contributed by atoms with E-state index < -0.39 is 16.2 Å². The fourth-order valence-electron chi connectivity index (χ4n) is 3.62. The van der Waals surface area contributed by atoms with Crippen LogP contribution in [0.15, 0.2) is 71.8 Å². The Morgan fingerprint density at radius 3 is 2.36 bits per heavy atom. The Balaban J connectivity index is 1.61. The van der Waals surface area contributed by atoms with E-state index >= 15 is 0 Å². The lowest BCUT2D eigenvalue weighted by atomic mass is 10.1. The standard InChI is InChI=1S/C25H25N3O4S/c1-16-5-12-25(33(29,30)31)21(13-16)17(2)32-20-10-11-22-23(14-20)26-15-24(27-22)18-6-8-19(9-7-18)28(3)4/h5-15,17H,1-4H3,(H,29,30,31). The summed E-state index contributed by atoms with van der Waals surface area (Å²) in [5.74, 6) is 0.523. The van der Waals surface area contributed by atoms with Gasteiger partial charge in [0.2, 0.25) is 0 Å². The number of hydrogen-bond acceptors (Lipinski definition) is 6. The van der Waals surface area contributed by atoms with Crippen LogP contribution in [-0.2, 0) is 10.1 Å². The first kappa shape index (κ1) is 22.7. The molecule has 0 saturated heterocycles. The first-order valence-electron chi connectivity index (χ1n) is 10.4. The summed E-state index contributed by atoms with van der Waals surface area (Å²) in [6.07, 6.45) is 1.11. The van der Waals surface area contributed by atoms with Crippen LogP contribution in [0.4, 0.5) is 5.69 Å². The molecule has 1 heterocycles. The molecule has 0 aliphatic carbocycles. The molecule has 0 fully saturated rings. The SMILES string of the molecule is Cc1ccc(S(=O)(=O)O)c(C(C)Oc2ccc3nc(-c4ccc(N(C)C)cc4)cnc3c2)c1. The summed E-state index contributed by atoms with van der Waals surface area (Å²) in [7, 11) is -0.378. The third-order valence-corrected chi connectivity index (χ3v) is 6.31. The molecule has 0 radical (unpaired) electrons. The van der Waals surface area contributed by atoms with Crippen molar-refractivity contribution in [2.75, 3.05) is 19.0 Å². The zero-order valence-corrected chi connectivity index (χ0v) is 19.7. The molecule has 170 valence electrons. The van der Waals surface area contributed by atoms with Gasteiger partial charge in [-0.15, -0.1) is 0 Å². The van der Waals surface area contributed by atoms with Crippen molar-refractivity contribution in [1.29, 1.82) is 0 Å². The zero-order chi connectivity index (χ0) is 23.8. The largest absolute Gasteiger partial charge is 0.486 e. The van der Waals surface area contributed by atoms with Gasteiger partial charge >= 0.3 is 0 Å². The predicted octanol–water partition coefficient (Wildman–Crippen LogP) is 5.06. The molecule has 0 aliphatic heterocycles. The topological polar surface area (TPSA) is 92.6 Å². The molecule has 0 aliphatic rings. The highest BCUT2D eigenvalue weighted by Gasteiger charge is 2.21. The van der Waals surface area contributed by atoms with Gasteiger partial charge in [0.1, 0.15) is 16.7 Å². The molecule has 4 rings (SSSR count). The lowest BCUT2D eigenvalue weighted by Gasteiger charge is -2.18. The maximum absolute atomic E-state index is 11.8. The number of aryl methyl sites for hydroxylation is 1. The van der Waals surface area contributed by atoms with Crippen molar-refractivity contribution in [2.24, 2.45) is 0 Å². The number of fused-ring (bicyclic) bond motifs is 1. The predicted molar refractivity (Wildman–Crippen MR) is 129 cm³/mol. The van der Waals surface area contributed by atoms with Crippen molar-refractivity contribution in [1.82, 2.24) is 9.97 Å². The number of aromatic nitrogens is 2. The van der Waals surface area contributed by atoms with Crippen molar-refractivity contribution >= 4 is 26.8 Å². The number of hydrogen-bond donors (Lipinski definition) is 1. The van der Waals surface area contributed by atoms with Gasteiger partial charge in [-0.05, 0) is 44.2 Å². The van der Waals surface area contributed by atoms with Gasteiger partial charge in [0, 0.05) is 37.0 Å². The molecule has 1 atom stereocenters. The summed E-state index contributed by atoms with van der Waals surface area (Å²) in [6, 6.07) is 18.2. The molecule has 0 amide bonds. The van der Waals surface area contributed by atoms with Crippen molar-refractivity contribution in [3.05, 3.63) is 78.0 Å². The molecule has 1 N–H and O–H groups in total. The second kappa shape index (κ2) is 8.80. The summed E-state index contributed by atoms with van der Waals surface area (Å²) in [5.41, 5.74) is 5.48. The van der Waals surface area contributed by atoms with Gasteiger partial charge in [-0.2, -0.15) is 8.42 Å². The number of anilines is 1. The van der Waals surface area contributed by atoms with Gasteiger partial charge in [-0.3, -0.25) is 9.54 Å². The van der Waals surface area contributed by atoms with E-state index in [1.165, 1.54) is 6.07 Å². The summed E-state index contributed by atoms with van der Waals surface area (Å²) >= 11 is 0. The van der Waals surface area contributed by atoms with Crippen LogP contribution in [0.1, 0.15) is 24.2 Å². The maximum atomic E-state index is 11.8. The Morgan fingerprint density at radius 1 is 0.970 bits per heavy atom. The van der Waals surface area contributed by atoms with Crippen LogP contribution in [0.2, 0.25) is 0 Å². The van der Waals surface area contributed by atoms with Crippen LogP contribution in [0.5, 0.6) is 5.75 Å². The van der Waals surface area contributed by atoms with Crippen LogP contribution >= 0.6 is 0 Å². The van der Waals surface area contributed by atoms with Crippen LogP contribution in [0.3, 0.4) is 0 Å². The molecule has 0 saturated carbocycles. The molecule has 0 bridgehead atoms. The fourth-order valence-corrected chi connectivity index (χ4v) is 4.38. The molecule has 8 heteroatoms. The molecule has 4 aromatic rings. The van der Waals surface area contributed by atoms with Crippen LogP contribution in [0.25, 0.3) is 22.3 Å². The van der Waals surface area contributed by atoms with Gasteiger partial charge in [-0.25, -0.2) is 4.98 Å². The molecular weight excluding hydrogens is 438 g/mol. The Labute approximate surface area is 193 Å². The number of ether oxygens (including phenoxy) is 1. The second-order valence-corrected chi connectivity index (χ2v) is 9.51. The monoisotopic (exact) mass is 463 g/mol. The van der Waals surface area contributed by atoms with Gasteiger partial charge in [0.15, 0.2) is 0 Å².